The zero-order valence-corrected chi connectivity index (χ0v) is 9.90. The highest BCUT2D eigenvalue weighted by molar-refractivity contribution is 7.08. The van der Waals surface area contributed by atoms with E-state index in [9.17, 15) is 14.7 Å². The van der Waals surface area contributed by atoms with E-state index in [0.29, 0.717) is 5.56 Å². The van der Waals surface area contributed by atoms with Crippen LogP contribution in [0.3, 0.4) is 0 Å². The van der Waals surface area contributed by atoms with Crippen molar-refractivity contribution >= 4 is 28.9 Å². The molecule has 0 aliphatic rings. The molecule has 2 rings (SSSR count). The molecule has 0 aliphatic heterocycles. The topological polar surface area (TPSA) is 86.6 Å². The molecule has 3 N–H and O–H groups in total. The molecule has 0 saturated heterocycles. The zero-order valence-electron chi connectivity index (χ0n) is 9.08. The molecule has 1 aromatic carbocycles. The molecule has 0 atom stereocenters. The normalized spacial score (nSPS) is 10.0. The molecule has 6 heteroatoms. The number of rotatable bonds is 3. The van der Waals surface area contributed by atoms with Crippen LogP contribution in [0.15, 0.2) is 35.0 Å². The summed E-state index contributed by atoms with van der Waals surface area (Å²) < 4.78 is 0. The van der Waals surface area contributed by atoms with Crippen LogP contribution in [0.1, 0.15) is 20.7 Å². The fraction of sp³-hybridized carbons (Fsp3) is 0. The van der Waals surface area contributed by atoms with Gasteiger partial charge in [-0.3, -0.25) is 4.79 Å². The number of carbonyl (C=O) groups is 2. The number of hydrogen-bond donors (Lipinski definition) is 3. The highest BCUT2D eigenvalue weighted by atomic mass is 32.1. The molecule has 2 aromatic rings. The predicted octanol–water partition coefficient (Wildman–Crippen LogP) is 2.40. The van der Waals surface area contributed by atoms with Crippen molar-refractivity contribution in [3.63, 3.8) is 0 Å². The van der Waals surface area contributed by atoms with Crippen molar-refractivity contribution in [2.45, 2.75) is 0 Å². The molecule has 0 bridgehead atoms. The second-order valence-corrected chi connectivity index (χ2v) is 4.28. The van der Waals surface area contributed by atoms with E-state index in [4.69, 9.17) is 5.11 Å². The lowest BCUT2D eigenvalue weighted by Gasteiger charge is -2.06. The third kappa shape index (κ3) is 2.49. The van der Waals surface area contributed by atoms with Crippen LogP contribution in [0, 0.1) is 0 Å². The highest BCUT2D eigenvalue weighted by Crippen LogP contribution is 2.25. The maximum atomic E-state index is 11.7. The van der Waals surface area contributed by atoms with Crippen molar-refractivity contribution in [3.8, 4) is 5.75 Å². The maximum absolute atomic E-state index is 11.7. The smallest absolute Gasteiger partial charge is 0.335 e. The average molecular weight is 263 g/mol. The number of phenolic OH excluding ortho intramolecular Hbond substituents is 1. The van der Waals surface area contributed by atoms with E-state index in [1.165, 1.54) is 23.5 Å². The summed E-state index contributed by atoms with van der Waals surface area (Å²) in [6.07, 6.45) is 0. The number of phenols is 1. The van der Waals surface area contributed by atoms with Gasteiger partial charge in [-0.15, -0.1) is 0 Å². The van der Waals surface area contributed by atoms with E-state index >= 15 is 0 Å². The standard InChI is InChI=1S/C12H9NO4S/c14-10-5-7(12(16)17)1-2-9(10)13-11(15)8-3-4-18-6-8/h1-6,14H,(H,13,15)(H,16,17). The summed E-state index contributed by atoms with van der Waals surface area (Å²) >= 11 is 1.39. The number of carbonyl (C=O) groups excluding carboxylic acids is 1. The molecule has 1 heterocycles. The molecule has 0 unspecified atom stereocenters. The molecular formula is C12H9NO4S. The van der Waals surface area contributed by atoms with Crippen molar-refractivity contribution in [3.05, 3.63) is 46.2 Å². The summed E-state index contributed by atoms with van der Waals surface area (Å²) in [6, 6.07) is 5.41. The number of amides is 1. The Hall–Kier alpha value is -2.34. The van der Waals surface area contributed by atoms with Gasteiger partial charge >= 0.3 is 5.97 Å². The summed E-state index contributed by atoms with van der Waals surface area (Å²) in [5.41, 5.74) is 0.624. The van der Waals surface area contributed by atoms with Gasteiger partial charge in [-0.2, -0.15) is 11.3 Å². The Morgan fingerprint density at radius 1 is 1.17 bits per heavy atom. The van der Waals surface area contributed by atoms with E-state index in [2.05, 4.69) is 5.32 Å². The van der Waals surface area contributed by atoms with E-state index in [-0.39, 0.29) is 22.9 Å². The number of carboxylic acid groups (broad SMARTS) is 1. The molecule has 5 nitrogen and oxygen atoms in total. The van der Waals surface area contributed by atoms with Crippen LogP contribution in [0.25, 0.3) is 0 Å². The molecule has 0 aliphatic carbocycles. The minimum Gasteiger partial charge on any atom is -0.506 e. The number of carboxylic acids is 1. The van der Waals surface area contributed by atoms with Crippen molar-refractivity contribution in [1.82, 2.24) is 0 Å². The molecule has 1 aromatic heterocycles. The first-order valence-electron chi connectivity index (χ1n) is 4.98. The Morgan fingerprint density at radius 2 is 1.94 bits per heavy atom. The van der Waals surface area contributed by atoms with Crippen LogP contribution in [-0.4, -0.2) is 22.1 Å². The van der Waals surface area contributed by atoms with E-state index in [1.807, 2.05) is 0 Å². The Balaban J connectivity index is 2.20. The van der Waals surface area contributed by atoms with Crippen LogP contribution in [0.4, 0.5) is 5.69 Å². The van der Waals surface area contributed by atoms with Gasteiger partial charge in [0.15, 0.2) is 0 Å². The Kier molecular flexibility index (Phi) is 3.29. The van der Waals surface area contributed by atoms with Crippen LogP contribution in [0.2, 0.25) is 0 Å². The molecule has 0 fully saturated rings. The monoisotopic (exact) mass is 263 g/mol. The quantitative estimate of drug-likeness (QED) is 0.742. The maximum Gasteiger partial charge on any atom is 0.335 e. The van der Waals surface area contributed by atoms with Gasteiger partial charge in [-0.25, -0.2) is 4.79 Å². The Bertz CT molecular complexity index is 592. The Labute approximate surface area is 106 Å². The van der Waals surface area contributed by atoms with Crippen LogP contribution < -0.4 is 5.32 Å². The van der Waals surface area contributed by atoms with Crippen molar-refractivity contribution in [2.24, 2.45) is 0 Å². The van der Waals surface area contributed by atoms with Crippen LogP contribution in [-0.2, 0) is 0 Å². The second-order valence-electron chi connectivity index (χ2n) is 3.50. The number of aromatic hydroxyl groups is 1. The van der Waals surface area contributed by atoms with Crippen LogP contribution >= 0.6 is 11.3 Å². The van der Waals surface area contributed by atoms with Gasteiger partial charge in [0.1, 0.15) is 5.75 Å². The number of anilines is 1. The second kappa shape index (κ2) is 4.89. The SMILES string of the molecule is O=C(O)c1ccc(NC(=O)c2ccsc2)c(O)c1. The summed E-state index contributed by atoms with van der Waals surface area (Å²) in [4.78, 5) is 22.4. The number of aromatic carboxylic acids is 1. The summed E-state index contributed by atoms with van der Waals surface area (Å²) in [7, 11) is 0. The van der Waals surface area contributed by atoms with Gasteiger partial charge in [0.05, 0.1) is 16.8 Å². The van der Waals surface area contributed by atoms with Gasteiger partial charge < -0.3 is 15.5 Å². The summed E-state index contributed by atoms with van der Waals surface area (Å²) in [5.74, 6) is -1.77. The third-order valence-electron chi connectivity index (χ3n) is 2.28. The van der Waals surface area contributed by atoms with Gasteiger partial charge in [0.25, 0.3) is 5.91 Å². The number of thiophene rings is 1. The van der Waals surface area contributed by atoms with Crippen molar-refractivity contribution in [1.29, 1.82) is 0 Å². The zero-order chi connectivity index (χ0) is 13.1. The fourth-order valence-electron chi connectivity index (χ4n) is 1.36. The van der Waals surface area contributed by atoms with E-state index < -0.39 is 5.97 Å². The minimum atomic E-state index is -1.14. The van der Waals surface area contributed by atoms with Gasteiger partial charge in [-0.05, 0) is 29.6 Å². The molecular weight excluding hydrogens is 254 g/mol. The average Bonchev–Trinajstić information content (AvgIpc) is 2.85. The predicted molar refractivity (Wildman–Crippen MR) is 67.3 cm³/mol. The lowest BCUT2D eigenvalue weighted by molar-refractivity contribution is 0.0696. The first-order valence-corrected chi connectivity index (χ1v) is 5.92. The lowest BCUT2D eigenvalue weighted by Crippen LogP contribution is -2.11. The van der Waals surface area contributed by atoms with Gasteiger partial charge in [-0.1, -0.05) is 0 Å². The van der Waals surface area contributed by atoms with E-state index in [1.54, 1.807) is 16.8 Å². The Morgan fingerprint density at radius 3 is 2.50 bits per heavy atom. The number of nitrogens with one attached hydrogen (secondary N) is 1. The van der Waals surface area contributed by atoms with Gasteiger partial charge in [0, 0.05) is 5.38 Å². The first-order chi connectivity index (χ1) is 8.58. The molecule has 18 heavy (non-hydrogen) atoms. The highest BCUT2D eigenvalue weighted by Gasteiger charge is 2.11. The first kappa shape index (κ1) is 12.1. The summed E-state index contributed by atoms with van der Waals surface area (Å²) in [5, 5.41) is 24.3. The largest absolute Gasteiger partial charge is 0.506 e. The van der Waals surface area contributed by atoms with Crippen LogP contribution in [0.5, 0.6) is 5.75 Å². The van der Waals surface area contributed by atoms with Gasteiger partial charge in [0.2, 0.25) is 0 Å². The lowest BCUT2D eigenvalue weighted by atomic mass is 10.2. The molecule has 0 radical (unpaired) electrons. The third-order valence-corrected chi connectivity index (χ3v) is 2.96. The molecule has 0 spiro atoms. The summed E-state index contributed by atoms with van der Waals surface area (Å²) in [6.45, 7) is 0. The fourth-order valence-corrected chi connectivity index (χ4v) is 1.99. The van der Waals surface area contributed by atoms with Crippen molar-refractivity contribution in [2.75, 3.05) is 5.32 Å². The number of benzene rings is 1. The van der Waals surface area contributed by atoms with Crippen molar-refractivity contribution < 1.29 is 19.8 Å². The molecule has 1 amide bonds. The molecule has 92 valence electrons. The minimum absolute atomic E-state index is 0.0407. The number of hydrogen-bond acceptors (Lipinski definition) is 4. The molecule has 0 saturated carbocycles. The van der Waals surface area contributed by atoms with E-state index in [0.717, 1.165) is 6.07 Å².